The molecule has 6 heteroatoms. The zero-order valence-corrected chi connectivity index (χ0v) is 14.9. The van der Waals surface area contributed by atoms with Crippen molar-refractivity contribution in [2.75, 3.05) is 27.2 Å². The Morgan fingerprint density at radius 2 is 2.14 bits per heavy atom. The van der Waals surface area contributed by atoms with Crippen molar-refractivity contribution in [3.8, 4) is 0 Å². The number of hydrogen-bond acceptors (Lipinski definition) is 3. The van der Waals surface area contributed by atoms with Gasteiger partial charge in [0.05, 0.1) is 5.69 Å². The summed E-state index contributed by atoms with van der Waals surface area (Å²) in [4.78, 5) is 13.9. The van der Waals surface area contributed by atoms with Gasteiger partial charge in [-0.3, -0.25) is 9.48 Å². The first-order valence-corrected chi connectivity index (χ1v) is 8.02. The molecule has 22 heavy (non-hydrogen) atoms. The Labute approximate surface area is 138 Å². The predicted octanol–water partition coefficient (Wildman–Crippen LogP) is 2.58. The van der Waals surface area contributed by atoms with Crippen LogP contribution in [0.3, 0.4) is 0 Å². The molecule has 5 nitrogen and oxygen atoms in total. The van der Waals surface area contributed by atoms with Crippen molar-refractivity contribution in [1.82, 2.24) is 20.0 Å². The highest BCUT2D eigenvalue weighted by Crippen LogP contribution is 2.22. The fraction of sp³-hybridized carbons (Fsp3) is 0.625. The lowest BCUT2D eigenvalue weighted by Crippen LogP contribution is -2.25. The van der Waals surface area contributed by atoms with E-state index in [1.807, 2.05) is 21.0 Å². The van der Waals surface area contributed by atoms with Crippen LogP contribution in [-0.4, -0.2) is 47.8 Å². The van der Waals surface area contributed by atoms with Gasteiger partial charge in [0.25, 0.3) is 0 Å². The first-order chi connectivity index (χ1) is 10.3. The van der Waals surface area contributed by atoms with Gasteiger partial charge < -0.3 is 10.2 Å². The van der Waals surface area contributed by atoms with Crippen molar-refractivity contribution >= 4 is 23.6 Å². The van der Waals surface area contributed by atoms with Gasteiger partial charge in [-0.05, 0) is 46.0 Å². The Kier molecular flexibility index (Phi) is 7.62. The lowest BCUT2D eigenvalue weighted by molar-refractivity contribution is -0.116. The SMILES string of the molecule is Cc1nn(CC(C)C)c(Cl)c1/C=C/C(=O)NCCCN(C)C. The summed E-state index contributed by atoms with van der Waals surface area (Å²) in [6, 6.07) is 0. The van der Waals surface area contributed by atoms with Crippen LogP contribution in [0.5, 0.6) is 0 Å². The van der Waals surface area contributed by atoms with Gasteiger partial charge in [0.1, 0.15) is 5.15 Å². The van der Waals surface area contributed by atoms with Gasteiger partial charge in [-0.2, -0.15) is 5.10 Å². The van der Waals surface area contributed by atoms with Gasteiger partial charge >= 0.3 is 0 Å². The Hall–Kier alpha value is -1.33. The second kappa shape index (κ2) is 8.96. The molecule has 0 unspecified atom stereocenters. The highest BCUT2D eigenvalue weighted by atomic mass is 35.5. The van der Waals surface area contributed by atoms with E-state index in [0.717, 1.165) is 30.8 Å². The monoisotopic (exact) mass is 326 g/mol. The summed E-state index contributed by atoms with van der Waals surface area (Å²) in [5.41, 5.74) is 1.65. The van der Waals surface area contributed by atoms with Gasteiger partial charge in [0.2, 0.25) is 5.91 Å². The number of amides is 1. The van der Waals surface area contributed by atoms with Crippen LogP contribution in [0.25, 0.3) is 6.08 Å². The highest BCUT2D eigenvalue weighted by Gasteiger charge is 2.12. The highest BCUT2D eigenvalue weighted by molar-refractivity contribution is 6.31. The molecule has 0 saturated heterocycles. The van der Waals surface area contributed by atoms with E-state index in [0.29, 0.717) is 17.6 Å². The Morgan fingerprint density at radius 1 is 1.45 bits per heavy atom. The van der Waals surface area contributed by atoms with E-state index in [2.05, 4.69) is 29.2 Å². The molecule has 1 aromatic heterocycles. The molecule has 0 spiro atoms. The number of aryl methyl sites for hydroxylation is 1. The first kappa shape index (κ1) is 18.7. The lowest BCUT2D eigenvalue weighted by Gasteiger charge is -2.08. The van der Waals surface area contributed by atoms with E-state index in [-0.39, 0.29) is 5.91 Å². The van der Waals surface area contributed by atoms with Crippen LogP contribution in [0.15, 0.2) is 6.08 Å². The minimum atomic E-state index is -0.106. The van der Waals surface area contributed by atoms with Crippen molar-refractivity contribution < 1.29 is 4.79 Å². The Balaban J connectivity index is 2.58. The molecule has 0 saturated carbocycles. The molecule has 0 aliphatic carbocycles. The molecular formula is C16H27ClN4O. The maximum atomic E-state index is 11.8. The quantitative estimate of drug-likeness (QED) is 0.590. The molecule has 1 N–H and O–H groups in total. The fourth-order valence-corrected chi connectivity index (χ4v) is 2.35. The third-order valence-electron chi connectivity index (χ3n) is 3.13. The van der Waals surface area contributed by atoms with Crippen molar-refractivity contribution in [3.63, 3.8) is 0 Å². The van der Waals surface area contributed by atoms with E-state index in [4.69, 9.17) is 11.6 Å². The second-order valence-corrected chi connectivity index (χ2v) is 6.51. The third kappa shape index (κ3) is 6.20. The summed E-state index contributed by atoms with van der Waals surface area (Å²) < 4.78 is 1.79. The predicted molar refractivity (Wildman–Crippen MR) is 92.0 cm³/mol. The average Bonchev–Trinajstić information content (AvgIpc) is 2.66. The van der Waals surface area contributed by atoms with Crippen molar-refractivity contribution in [1.29, 1.82) is 0 Å². The number of halogens is 1. The van der Waals surface area contributed by atoms with Gasteiger partial charge in [-0.15, -0.1) is 0 Å². The molecule has 0 aliphatic heterocycles. The standard InChI is InChI=1S/C16H27ClN4O/c1-12(2)11-21-16(17)14(13(3)19-21)7-8-15(22)18-9-6-10-20(4)5/h7-8,12H,6,9-11H2,1-5H3,(H,18,22)/b8-7+. The summed E-state index contributed by atoms with van der Waals surface area (Å²) in [6.45, 7) is 8.52. The van der Waals surface area contributed by atoms with E-state index in [9.17, 15) is 4.79 Å². The smallest absolute Gasteiger partial charge is 0.244 e. The number of rotatable bonds is 8. The number of hydrogen-bond donors (Lipinski definition) is 1. The molecule has 0 fully saturated rings. The van der Waals surface area contributed by atoms with Crippen molar-refractivity contribution in [2.45, 2.75) is 33.7 Å². The zero-order chi connectivity index (χ0) is 16.7. The van der Waals surface area contributed by atoms with Crippen LogP contribution < -0.4 is 5.32 Å². The molecular weight excluding hydrogens is 300 g/mol. The summed E-state index contributed by atoms with van der Waals surface area (Å²) in [7, 11) is 4.03. The number of carbonyl (C=O) groups excluding carboxylic acids is 1. The molecule has 0 atom stereocenters. The number of nitrogens with zero attached hydrogens (tertiary/aromatic N) is 3. The maximum Gasteiger partial charge on any atom is 0.244 e. The zero-order valence-electron chi connectivity index (χ0n) is 14.2. The van der Waals surface area contributed by atoms with E-state index in [1.54, 1.807) is 10.8 Å². The minimum absolute atomic E-state index is 0.106. The van der Waals surface area contributed by atoms with Crippen LogP contribution in [0.1, 0.15) is 31.5 Å². The van der Waals surface area contributed by atoms with Gasteiger partial charge in [-0.25, -0.2) is 0 Å². The fourth-order valence-electron chi connectivity index (χ4n) is 2.05. The van der Waals surface area contributed by atoms with Crippen LogP contribution in [0.4, 0.5) is 0 Å². The minimum Gasteiger partial charge on any atom is -0.353 e. The molecule has 1 rings (SSSR count). The molecule has 0 bridgehead atoms. The molecule has 1 heterocycles. The first-order valence-electron chi connectivity index (χ1n) is 7.64. The van der Waals surface area contributed by atoms with E-state index < -0.39 is 0 Å². The van der Waals surface area contributed by atoms with Crippen LogP contribution >= 0.6 is 11.6 Å². The molecule has 124 valence electrons. The average molecular weight is 327 g/mol. The Morgan fingerprint density at radius 3 is 2.73 bits per heavy atom. The maximum absolute atomic E-state index is 11.8. The second-order valence-electron chi connectivity index (χ2n) is 6.15. The third-order valence-corrected chi connectivity index (χ3v) is 3.53. The molecule has 0 radical (unpaired) electrons. The number of aromatic nitrogens is 2. The Bertz CT molecular complexity index is 520. The summed E-state index contributed by atoms with van der Waals surface area (Å²) in [6.07, 6.45) is 4.19. The van der Waals surface area contributed by atoms with Gasteiger partial charge in [0, 0.05) is 24.7 Å². The van der Waals surface area contributed by atoms with Crippen LogP contribution in [0.2, 0.25) is 5.15 Å². The normalized spacial score (nSPS) is 11.8. The summed E-state index contributed by atoms with van der Waals surface area (Å²) >= 11 is 6.33. The largest absolute Gasteiger partial charge is 0.353 e. The number of carbonyl (C=O) groups is 1. The molecule has 0 aromatic carbocycles. The van der Waals surface area contributed by atoms with Crippen molar-refractivity contribution in [3.05, 3.63) is 22.5 Å². The van der Waals surface area contributed by atoms with Gasteiger partial charge in [-0.1, -0.05) is 25.4 Å². The summed E-state index contributed by atoms with van der Waals surface area (Å²) in [5, 5.41) is 7.87. The summed E-state index contributed by atoms with van der Waals surface area (Å²) in [5.74, 6) is 0.361. The molecule has 1 amide bonds. The lowest BCUT2D eigenvalue weighted by atomic mass is 10.2. The number of nitrogens with one attached hydrogen (secondary N) is 1. The van der Waals surface area contributed by atoms with Crippen LogP contribution in [-0.2, 0) is 11.3 Å². The van der Waals surface area contributed by atoms with Gasteiger partial charge in [0.15, 0.2) is 0 Å². The molecule has 1 aromatic rings. The topological polar surface area (TPSA) is 50.2 Å². The van der Waals surface area contributed by atoms with E-state index in [1.165, 1.54) is 6.08 Å². The molecule has 0 aliphatic rings. The van der Waals surface area contributed by atoms with Crippen molar-refractivity contribution in [2.24, 2.45) is 5.92 Å². The van der Waals surface area contributed by atoms with E-state index >= 15 is 0 Å². The van der Waals surface area contributed by atoms with Crippen LogP contribution in [0, 0.1) is 12.8 Å².